The van der Waals surface area contributed by atoms with Gasteiger partial charge in [0.15, 0.2) is 12.7 Å². The van der Waals surface area contributed by atoms with Gasteiger partial charge in [0.1, 0.15) is 11.5 Å². The van der Waals surface area contributed by atoms with Crippen molar-refractivity contribution in [2.45, 2.75) is 26.4 Å². The molecule has 1 N–H and O–H groups in total. The summed E-state index contributed by atoms with van der Waals surface area (Å²) in [7, 11) is 0. The van der Waals surface area contributed by atoms with Crippen LogP contribution in [0.1, 0.15) is 18.9 Å². The number of nitrogens with zero attached hydrogens (tertiary/aromatic N) is 1. The number of nitrogens with one attached hydrogen (secondary N) is 1. The molecule has 0 saturated carbocycles. The Bertz CT molecular complexity index is 871. The first-order valence-electron chi connectivity index (χ1n) is 9.22. The van der Waals surface area contributed by atoms with Crippen molar-refractivity contribution in [1.29, 1.82) is 0 Å². The minimum absolute atomic E-state index is 0.133. The van der Waals surface area contributed by atoms with E-state index in [2.05, 4.69) is 5.32 Å². The van der Waals surface area contributed by atoms with Crippen LogP contribution in [-0.4, -0.2) is 37.6 Å². The number of aryl methyl sites for hydroxylation is 1. The number of rotatable bonds is 6. The summed E-state index contributed by atoms with van der Waals surface area (Å²) in [5, 5.41) is 3.46. The standard InChI is InChI=1S/C21H23ClN2O4/c1-3-10-23-21(26)19-12-24(17-6-4-5-7-18(17)28-19)20(25)13-27-15-8-9-16(22)14(2)11-15/h4-9,11,19H,3,10,12-13H2,1-2H3,(H,23,26)/t19-/m0/s1. The molecule has 6 nitrogen and oxygen atoms in total. The topological polar surface area (TPSA) is 67.9 Å². The summed E-state index contributed by atoms with van der Waals surface area (Å²) in [6, 6.07) is 12.4. The first-order valence-corrected chi connectivity index (χ1v) is 9.60. The Hall–Kier alpha value is -2.73. The first kappa shape index (κ1) is 20.0. The second kappa shape index (κ2) is 8.97. The van der Waals surface area contributed by atoms with Crippen LogP contribution in [0.5, 0.6) is 11.5 Å². The van der Waals surface area contributed by atoms with Gasteiger partial charge in [-0.2, -0.15) is 0 Å². The van der Waals surface area contributed by atoms with E-state index in [1.165, 1.54) is 4.90 Å². The summed E-state index contributed by atoms with van der Waals surface area (Å²) in [6.45, 7) is 4.39. The van der Waals surface area contributed by atoms with Gasteiger partial charge in [0, 0.05) is 11.6 Å². The Morgan fingerprint density at radius 1 is 1.29 bits per heavy atom. The van der Waals surface area contributed by atoms with Crippen LogP contribution in [0.4, 0.5) is 5.69 Å². The van der Waals surface area contributed by atoms with Gasteiger partial charge in [-0.25, -0.2) is 0 Å². The van der Waals surface area contributed by atoms with Gasteiger partial charge in [0.05, 0.1) is 12.2 Å². The van der Waals surface area contributed by atoms with Crippen molar-refractivity contribution in [3.05, 3.63) is 53.1 Å². The molecule has 0 radical (unpaired) electrons. The average Bonchev–Trinajstić information content (AvgIpc) is 2.71. The first-order chi connectivity index (χ1) is 13.5. The van der Waals surface area contributed by atoms with Crippen LogP contribution in [0.15, 0.2) is 42.5 Å². The summed E-state index contributed by atoms with van der Waals surface area (Å²) < 4.78 is 11.4. The lowest BCUT2D eigenvalue weighted by molar-refractivity contribution is -0.128. The van der Waals surface area contributed by atoms with E-state index in [1.54, 1.807) is 36.4 Å². The van der Waals surface area contributed by atoms with Crippen molar-refractivity contribution in [1.82, 2.24) is 5.32 Å². The third-order valence-corrected chi connectivity index (χ3v) is 4.83. The van der Waals surface area contributed by atoms with Gasteiger partial charge in [0.2, 0.25) is 0 Å². The number of hydrogen-bond donors (Lipinski definition) is 1. The highest BCUT2D eigenvalue weighted by Crippen LogP contribution is 2.33. The Labute approximate surface area is 169 Å². The zero-order chi connectivity index (χ0) is 20.1. The molecule has 0 bridgehead atoms. The van der Waals surface area contributed by atoms with E-state index >= 15 is 0 Å². The number of amides is 2. The monoisotopic (exact) mass is 402 g/mol. The Kier molecular flexibility index (Phi) is 6.41. The van der Waals surface area contributed by atoms with Crippen LogP contribution in [0.25, 0.3) is 0 Å². The van der Waals surface area contributed by atoms with Gasteiger partial charge in [0.25, 0.3) is 11.8 Å². The highest BCUT2D eigenvalue weighted by molar-refractivity contribution is 6.31. The van der Waals surface area contributed by atoms with Gasteiger partial charge in [-0.1, -0.05) is 30.7 Å². The number of carbonyl (C=O) groups excluding carboxylic acids is 2. The van der Waals surface area contributed by atoms with Crippen molar-refractivity contribution < 1.29 is 19.1 Å². The molecule has 0 aromatic heterocycles. The fourth-order valence-corrected chi connectivity index (χ4v) is 3.02. The lowest BCUT2D eigenvalue weighted by atomic mass is 10.1. The van der Waals surface area contributed by atoms with Crippen LogP contribution in [0.3, 0.4) is 0 Å². The maximum absolute atomic E-state index is 12.9. The zero-order valence-electron chi connectivity index (χ0n) is 15.9. The number of fused-ring (bicyclic) bond motifs is 1. The molecular weight excluding hydrogens is 380 g/mol. The number of para-hydroxylation sites is 2. The van der Waals surface area contributed by atoms with Crippen molar-refractivity contribution >= 4 is 29.1 Å². The van der Waals surface area contributed by atoms with Gasteiger partial charge in [-0.05, 0) is 49.2 Å². The number of carbonyl (C=O) groups is 2. The minimum Gasteiger partial charge on any atom is -0.484 e. The Balaban J connectivity index is 1.73. The Morgan fingerprint density at radius 2 is 2.07 bits per heavy atom. The molecule has 1 aliphatic rings. The largest absolute Gasteiger partial charge is 0.484 e. The summed E-state index contributed by atoms with van der Waals surface area (Å²) in [4.78, 5) is 26.8. The number of anilines is 1. The molecule has 3 rings (SSSR count). The fourth-order valence-electron chi connectivity index (χ4n) is 2.90. The van der Waals surface area contributed by atoms with Crippen molar-refractivity contribution in [3.8, 4) is 11.5 Å². The third kappa shape index (κ3) is 4.57. The summed E-state index contributed by atoms with van der Waals surface area (Å²) in [5.74, 6) is 0.579. The Morgan fingerprint density at radius 3 is 2.82 bits per heavy atom. The number of benzene rings is 2. The quantitative estimate of drug-likeness (QED) is 0.804. The van der Waals surface area contributed by atoms with E-state index in [-0.39, 0.29) is 25.0 Å². The van der Waals surface area contributed by atoms with Crippen LogP contribution >= 0.6 is 11.6 Å². The SMILES string of the molecule is CCCNC(=O)[C@@H]1CN(C(=O)COc2ccc(Cl)c(C)c2)c2ccccc2O1. The predicted octanol–water partition coefficient (Wildman–Crippen LogP) is 3.35. The minimum atomic E-state index is -0.761. The predicted molar refractivity (Wildman–Crippen MR) is 108 cm³/mol. The maximum Gasteiger partial charge on any atom is 0.265 e. The van der Waals surface area contributed by atoms with Gasteiger partial charge >= 0.3 is 0 Å². The van der Waals surface area contributed by atoms with E-state index in [0.29, 0.717) is 28.8 Å². The molecule has 0 aliphatic carbocycles. The second-order valence-corrected chi connectivity index (χ2v) is 6.98. The number of hydrogen-bond acceptors (Lipinski definition) is 4. The van der Waals surface area contributed by atoms with Crippen molar-refractivity contribution in [2.24, 2.45) is 0 Å². The summed E-state index contributed by atoms with van der Waals surface area (Å²) in [5.41, 5.74) is 1.50. The molecule has 0 unspecified atom stereocenters. The molecule has 28 heavy (non-hydrogen) atoms. The lowest BCUT2D eigenvalue weighted by Crippen LogP contribution is -2.51. The summed E-state index contributed by atoms with van der Waals surface area (Å²) in [6.07, 6.45) is 0.0645. The van der Waals surface area contributed by atoms with E-state index in [1.807, 2.05) is 19.9 Å². The molecule has 1 aliphatic heterocycles. The van der Waals surface area contributed by atoms with Gasteiger partial charge < -0.3 is 19.7 Å². The van der Waals surface area contributed by atoms with E-state index in [4.69, 9.17) is 21.1 Å². The molecule has 2 amide bonds. The lowest BCUT2D eigenvalue weighted by Gasteiger charge is -2.34. The molecule has 0 saturated heterocycles. The smallest absolute Gasteiger partial charge is 0.265 e. The molecular formula is C21H23ClN2O4. The zero-order valence-corrected chi connectivity index (χ0v) is 16.7. The van der Waals surface area contributed by atoms with Crippen LogP contribution in [-0.2, 0) is 9.59 Å². The molecule has 0 fully saturated rings. The maximum atomic E-state index is 12.9. The van der Waals surface area contributed by atoms with Gasteiger partial charge in [-0.15, -0.1) is 0 Å². The molecule has 2 aromatic carbocycles. The number of ether oxygens (including phenoxy) is 2. The van der Waals surface area contributed by atoms with E-state index in [0.717, 1.165) is 12.0 Å². The molecule has 0 spiro atoms. The van der Waals surface area contributed by atoms with Crippen LogP contribution < -0.4 is 19.7 Å². The number of halogens is 1. The van der Waals surface area contributed by atoms with Crippen molar-refractivity contribution in [2.75, 3.05) is 24.6 Å². The van der Waals surface area contributed by atoms with Crippen LogP contribution in [0, 0.1) is 6.92 Å². The summed E-state index contributed by atoms with van der Waals surface area (Å²) >= 11 is 6.02. The van der Waals surface area contributed by atoms with Crippen LogP contribution in [0.2, 0.25) is 5.02 Å². The highest BCUT2D eigenvalue weighted by atomic mass is 35.5. The van der Waals surface area contributed by atoms with Gasteiger partial charge in [-0.3, -0.25) is 9.59 Å². The fraction of sp³-hybridized carbons (Fsp3) is 0.333. The highest BCUT2D eigenvalue weighted by Gasteiger charge is 2.33. The molecule has 148 valence electrons. The molecule has 1 heterocycles. The molecule has 7 heteroatoms. The molecule has 1 atom stereocenters. The molecule has 2 aromatic rings. The third-order valence-electron chi connectivity index (χ3n) is 4.41. The van der Waals surface area contributed by atoms with E-state index in [9.17, 15) is 9.59 Å². The second-order valence-electron chi connectivity index (χ2n) is 6.57. The average molecular weight is 403 g/mol. The van der Waals surface area contributed by atoms with E-state index < -0.39 is 6.10 Å². The van der Waals surface area contributed by atoms with Crippen molar-refractivity contribution in [3.63, 3.8) is 0 Å². The normalized spacial score (nSPS) is 15.4.